The van der Waals surface area contributed by atoms with Crippen LogP contribution in [0, 0.1) is 0 Å². The molecule has 2 atom stereocenters. The molecule has 2 N–H and O–H groups in total. The average molecular weight is 338 g/mol. The number of aliphatic hydroxyl groups is 1. The first-order valence-corrected chi connectivity index (χ1v) is 8.49. The lowest BCUT2D eigenvalue weighted by atomic mass is 10.0. The van der Waals surface area contributed by atoms with Crippen LogP contribution in [0.15, 0.2) is 54.6 Å². The number of carbonyl (C=O) groups is 2. The zero-order valence-corrected chi connectivity index (χ0v) is 14.2. The summed E-state index contributed by atoms with van der Waals surface area (Å²) in [5, 5.41) is 12.0. The molecular formula is C20H22N2O3. The van der Waals surface area contributed by atoms with Crippen LogP contribution in [-0.4, -0.2) is 30.1 Å². The van der Waals surface area contributed by atoms with E-state index in [-0.39, 0.29) is 12.5 Å². The van der Waals surface area contributed by atoms with Gasteiger partial charge in [0.05, 0.1) is 6.04 Å². The fraction of sp³-hybridized carbons (Fsp3) is 0.300. The van der Waals surface area contributed by atoms with Gasteiger partial charge >= 0.3 is 11.8 Å². The molecule has 1 aliphatic heterocycles. The Morgan fingerprint density at radius 2 is 1.84 bits per heavy atom. The molecule has 0 aliphatic carbocycles. The molecule has 2 amide bonds. The van der Waals surface area contributed by atoms with Gasteiger partial charge in [0.1, 0.15) is 0 Å². The zero-order chi connectivity index (χ0) is 17.8. The lowest BCUT2D eigenvalue weighted by molar-refractivity contribution is -0.138. The molecule has 0 saturated heterocycles. The summed E-state index contributed by atoms with van der Waals surface area (Å²) in [6, 6.07) is 16.6. The van der Waals surface area contributed by atoms with Crippen LogP contribution < -0.4 is 10.2 Å². The first kappa shape index (κ1) is 17.2. The van der Waals surface area contributed by atoms with Gasteiger partial charge < -0.3 is 15.3 Å². The fourth-order valence-electron chi connectivity index (χ4n) is 3.29. The predicted molar refractivity (Wildman–Crippen MR) is 96.2 cm³/mol. The molecule has 2 aromatic carbocycles. The number of hydrogen-bond acceptors (Lipinski definition) is 3. The van der Waals surface area contributed by atoms with Crippen LogP contribution in [0.3, 0.4) is 0 Å². The van der Waals surface area contributed by atoms with Crippen LogP contribution in [0.2, 0.25) is 0 Å². The third kappa shape index (κ3) is 3.56. The number of nitrogens with one attached hydrogen (secondary N) is 1. The van der Waals surface area contributed by atoms with E-state index in [2.05, 4.69) is 5.32 Å². The number of rotatable bonds is 4. The minimum absolute atomic E-state index is 0.0718. The molecule has 1 aliphatic rings. The predicted octanol–water partition coefficient (Wildman–Crippen LogP) is 2.38. The maximum absolute atomic E-state index is 12.7. The van der Waals surface area contributed by atoms with Crippen molar-refractivity contribution < 1.29 is 14.7 Å². The van der Waals surface area contributed by atoms with Crippen molar-refractivity contribution in [1.82, 2.24) is 5.32 Å². The van der Waals surface area contributed by atoms with E-state index < -0.39 is 17.9 Å². The number of carbonyl (C=O) groups excluding carboxylic acids is 2. The van der Waals surface area contributed by atoms with Crippen LogP contribution in [0.4, 0.5) is 5.69 Å². The molecule has 3 rings (SSSR count). The Kier molecular flexibility index (Phi) is 5.14. The van der Waals surface area contributed by atoms with Crippen LogP contribution >= 0.6 is 0 Å². The Morgan fingerprint density at radius 3 is 2.56 bits per heavy atom. The van der Waals surface area contributed by atoms with Crippen molar-refractivity contribution in [1.29, 1.82) is 0 Å². The summed E-state index contributed by atoms with van der Waals surface area (Å²) in [5.41, 5.74) is 2.75. The smallest absolute Gasteiger partial charge is 0.316 e. The van der Waals surface area contributed by atoms with Gasteiger partial charge in [-0.1, -0.05) is 55.5 Å². The van der Waals surface area contributed by atoms with E-state index in [1.165, 1.54) is 4.90 Å². The number of nitrogens with zero attached hydrogens (tertiary/aromatic N) is 1. The molecule has 0 fully saturated rings. The van der Waals surface area contributed by atoms with Crippen LogP contribution in [0.1, 0.15) is 36.4 Å². The van der Waals surface area contributed by atoms with E-state index in [0.29, 0.717) is 13.0 Å². The van der Waals surface area contributed by atoms with Crippen molar-refractivity contribution >= 4 is 17.5 Å². The molecule has 5 heteroatoms. The minimum atomic E-state index is -0.647. The number of fused-ring (bicyclic) bond motifs is 1. The maximum atomic E-state index is 12.7. The number of anilines is 1. The Labute approximate surface area is 147 Å². The Bertz CT molecular complexity index is 761. The van der Waals surface area contributed by atoms with Crippen molar-refractivity contribution in [2.45, 2.75) is 25.3 Å². The Hall–Kier alpha value is -2.66. The van der Waals surface area contributed by atoms with E-state index in [0.717, 1.165) is 16.8 Å². The van der Waals surface area contributed by atoms with Crippen molar-refractivity contribution in [2.24, 2.45) is 0 Å². The Balaban J connectivity index is 1.75. The van der Waals surface area contributed by atoms with Crippen LogP contribution in [0.25, 0.3) is 0 Å². The zero-order valence-electron chi connectivity index (χ0n) is 14.2. The quantitative estimate of drug-likeness (QED) is 0.841. The highest BCUT2D eigenvalue weighted by molar-refractivity contribution is 6.40. The summed E-state index contributed by atoms with van der Waals surface area (Å²) < 4.78 is 0. The molecule has 25 heavy (non-hydrogen) atoms. The number of amides is 2. The molecule has 2 aromatic rings. The third-order valence-corrected chi connectivity index (χ3v) is 4.58. The van der Waals surface area contributed by atoms with Gasteiger partial charge in [0.15, 0.2) is 0 Å². The average Bonchev–Trinajstić information content (AvgIpc) is 2.98. The molecule has 0 saturated carbocycles. The van der Waals surface area contributed by atoms with Gasteiger partial charge in [0, 0.05) is 24.8 Å². The highest BCUT2D eigenvalue weighted by atomic mass is 16.3. The number of aliphatic hydroxyl groups excluding tert-OH is 1. The first-order chi connectivity index (χ1) is 12.1. The molecule has 130 valence electrons. The van der Waals surface area contributed by atoms with Gasteiger partial charge in [-0.2, -0.15) is 0 Å². The standard InChI is InChI=1S/C20H22N2O3/c1-14-13-22(18-10-6-5-9-16(14)18)20(25)19(24)21-17(11-12-23)15-7-3-2-4-8-15/h2-10,14,17,23H,11-13H2,1H3,(H,21,24). The highest BCUT2D eigenvalue weighted by Gasteiger charge is 2.33. The third-order valence-electron chi connectivity index (χ3n) is 4.58. The molecule has 2 unspecified atom stereocenters. The topological polar surface area (TPSA) is 69.6 Å². The van der Waals surface area contributed by atoms with Gasteiger partial charge in [-0.15, -0.1) is 0 Å². The van der Waals surface area contributed by atoms with Crippen molar-refractivity contribution in [3.63, 3.8) is 0 Å². The summed E-state index contributed by atoms with van der Waals surface area (Å²) in [5.74, 6) is -1.00. The molecule has 0 bridgehead atoms. The lowest BCUT2D eigenvalue weighted by Gasteiger charge is -2.21. The second-order valence-corrected chi connectivity index (χ2v) is 6.32. The molecule has 0 radical (unpaired) electrons. The highest BCUT2D eigenvalue weighted by Crippen LogP contribution is 2.35. The summed E-state index contributed by atoms with van der Waals surface area (Å²) >= 11 is 0. The van der Waals surface area contributed by atoms with Crippen molar-refractivity contribution in [3.05, 3.63) is 65.7 Å². The van der Waals surface area contributed by atoms with Gasteiger partial charge in [-0.05, 0) is 23.6 Å². The summed E-state index contributed by atoms with van der Waals surface area (Å²) in [6.07, 6.45) is 0.357. The van der Waals surface area contributed by atoms with Gasteiger partial charge in [0.2, 0.25) is 0 Å². The van der Waals surface area contributed by atoms with Crippen molar-refractivity contribution in [2.75, 3.05) is 18.1 Å². The monoisotopic (exact) mass is 338 g/mol. The molecule has 1 heterocycles. The number of para-hydroxylation sites is 1. The van der Waals surface area contributed by atoms with Gasteiger partial charge in [-0.3, -0.25) is 9.59 Å². The summed E-state index contributed by atoms with van der Waals surface area (Å²) in [4.78, 5) is 26.7. The SMILES string of the molecule is CC1CN(C(=O)C(=O)NC(CCO)c2ccccc2)c2ccccc21. The van der Waals surface area contributed by atoms with Gasteiger partial charge in [-0.25, -0.2) is 0 Å². The maximum Gasteiger partial charge on any atom is 0.316 e. The van der Waals surface area contributed by atoms with Crippen molar-refractivity contribution in [3.8, 4) is 0 Å². The lowest BCUT2D eigenvalue weighted by Crippen LogP contribution is -2.44. The molecule has 5 nitrogen and oxygen atoms in total. The van der Waals surface area contributed by atoms with E-state index in [9.17, 15) is 14.7 Å². The largest absolute Gasteiger partial charge is 0.396 e. The second kappa shape index (κ2) is 7.49. The van der Waals surface area contributed by atoms with E-state index in [1.807, 2.05) is 61.5 Å². The van der Waals surface area contributed by atoms with Crippen LogP contribution in [0.5, 0.6) is 0 Å². The van der Waals surface area contributed by atoms with E-state index in [1.54, 1.807) is 0 Å². The minimum Gasteiger partial charge on any atom is -0.396 e. The van der Waals surface area contributed by atoms with Crippen LogP contribution in [-0.2, 0) is 9.59 Å². The first-order valence-electron chi connectivity index (χ1n) is 8.49. The molecule has 0 aromatic heterocycles. The van der Waals surface area contributed by atoms with E-state index >= 15 is 0 Å². The summed E-state index contributed by atoms with van der Waals surface area (Å²) in [7, 11) is 0. The van der Waals surface area contributed by atoms with Gasteiger partial charge in [0.25, 0.3) is 0 Å². The Morgan fingerprint density at radius 1 is 1.16 bits per heavy atom. The molecular weight excluding hydrogens is 316 g/mol. The summed E-state index contributed by atoms with van der Waals surface area (Å²) in [6.45, 7) is 2.47. The number of hydrogen-bond donors (Lipinski definition) is 2. The normalized spacial score (nSPS) is 17.0. The second-order valence-electron chi connectivity index (χ2n) is 6.32. The van der Waals surface area contributed by atoms with E-state index in [4.69, 9.17) is 0 Å². The molecule has 0 spiro atoms. The fourth-order valence-corrected chi connectivity index (χ4v) is 3.29. The number of benzene rings is 2.